The Labute approximate surface area is 285 Å². The Morgan fingerprint density at radius 3 is 2.06 bits per heavy atom. The van der Waals surface area contributed by atoms with Gasteiger partial charge in [-0.15, -0.1) is 0 Å². The molecule has 0 spiro atoms. The van der Waals surface area contributed by atoms with Crippen LogP contribution in [0.1, 0.15) is 81.6 Å². The molecular formula is C33H57NO13S. The van der Waals surface area contributed by atoms with Crippen LogP contribution in [0.4, 0.5) is 0 Å². The van der Waals surface area contributed by atoms with E-state index in [4.69, 9.17) is 27.9 Å². The molecule has 2 saturated heterocycles. The summed E-state index contributed by atoms with van der Waals surface area (Å²) in [6.45, 7) is 13.7. The maximum atomic E-state index is 14.1. The van der Waals surface area contributed by atoms with Gasteiger partial charge < -0.3 is 33.7 Å². The summed E-state index contributed by atoms with van der Waals surface area (Å²) in [4.78, 5) is 55.8. The van der Waals surface area contributed by atoms with Gasteiger partial charge in [-0.1, -0.05) is 27.7 Å². The Morgan fingerprint density at radius 2 is 1.58 bits per heavy atom. The van der Waals surface area contributed by atoms with E-state index in [1.807, 2.05) is 25.9 Å². The second-order valence-electron chi connectivity index (χ2n) is 14.2. The first kappa shape index (κ1) is 42.2. The minimum atomic E-state index is -4.21. The Kier molecular flexibility index (Phi) is 14.4. The van der Waals surface area contributed by atoms with Gasteiger partial charge in [0.1, 0.15) is 29.5 Å². The number of nitrogens with zero attached hydrogens (tertiary/aromatic N) is 1. The predicted octanol–water partition coefficient (Wildman–Crippen LogP) is 2.28. The minimum Gasteiger partial charge on any atom is -0.459 e. The second-order valence-corrected chi connectivity index (χ2v) is 15.8. The summed E-state index contributed by atoms with van der Waals surface area (Å²) in [7, 11) is 0.875. The molecule has 2 aliphatic heterocycles. The quantitative estimate of drug-likeness (QED) is 0.220. The zero-order chi connectivity index (χ0) is 37.1. The number of methoxy groups -OCH3 is 1. The zero-order valence-electron chi connectivity index (χ0n) is 30.7. The largest absolute Gasteiger partial charge is 0.459 e. The SMILES string of the molecule is CC[C@H]1OC(=O)[C@H](C)C(=O)[C@H](C)[C@@H](O[C@@H]2O[C@H](C)C[C@H](N(C)C)[C@H]2OC(C)=O)[C@](C)(OC)C[C@@H](C)C(=O)[C@H](C)[C@@H](OS(C)(=O)=O)[C@]1(C)O. The standard InChI is InChI=1S/C33H57NO13S/c1-14-24-33(9,39)29(47-48(13,40)41)19(4)25(36)17(2)16-32(8,42-12)28(20(5)26(37)21(6)30(38)45-24)46-31-27(44-22(7)35)23(34(10)11)15-18(3)43-31/h17-21,23-24,27-29,31,39H,14-16H2,1-13H3/t17-,18-,19+,20+,21-,23+,24-,27-,28-,29-,31+,32-,33-/m1/s1. The number of esters is 2. The Bertz CT molecular complexity index is 1270. The fourth-order valence-electron chi connectivity index (χ4n) is 7.09. The summed E-state index contributed by atoms with van der Waals surface area (Å²) < 4.78 is 60.3. The molecule has 0 unspecified atom stereocenters. The molecule has 2 aliphatic rings. The van der Waals surface area contributed by atoms with Crippen LogP contribution in [0.25, 0.3) is 0 Å². The molecule has 2 rings (SSSR count). The smallest absolute Gasteiger partial charge is 0.316 e. The van der Waals surface area contributed by atoms with E-state index in [0.29, 0.717) is 6.42 Å². The highest BCUT2D eigenvalue weighted by Gasteiger charge is 2.53. The summed E-state index contributed by atoms with van der Waals surface area (Å²) >= 11 is 0. The van der Waals surface area contributed by atoms with Crippen LogP contribution in [0.2, 0.25) is 0 Å². The Balaban J connectivity index is 2.76. The summed E-state index contributed by atoms with van der Waals surface area (Å²) in [5.41, 5.74) is -3.54. The van der Waals surface area contributed by atoms with Crippen LogP contribution in [0.5, 0.6) is 0 Å². The van der Waals surface area contributed by atoms with E-state index < -0.39 is 99.2 Å². The van der Waals surface area contributed by atoms with Crippen molar-refractivity contribution in [1.29, 1.82) is 0 Å². The van der Waals surface area contributed by atoms with Gasteiger partial charge in [-0.05, 0) is 61.1 Å². The number of hydrogen-bond acceptors (Lipinski definition) is 14. The van der Waals surface area contributed by atoms with Gasteiger partial charge in [0.05, 0.1) is 30.1 Å². The first-order valence-electron chi connectivity index (χ1n) is 16.5. The van der Waals surface area contributed by atoms with Crippen LogP contribution >= 0.6 is 0 Å². The van der Waals surface area contributed by atoms with E-state index >= 15 is 0 Å². The first-order chi connectivity index (χ1) is 21.9. The zero-order valence-corrected chi connectivity index (χ0v) is 31.5. The molecule has 0 aromatic rings. The van der Waals surface area contributed by atoms with Crippen molar-refractivity contribution in [2.45, 2.75) is 136 Å². The number of carbonyl (C=O) groups is 4. The summed E-state index contributed by atoms with van der Waals surface area (Å²) in [5.74, 6) is -7.00. The number of cyclic esters (lactones) is 1. The maximum Gasteiger partial charge on any atom is 0.316 e. The summed E-state index contributed by atoms with van der Waals surface area (Å²) in [5, 5.41) is 11.7. The third kappa shape index (κ3) is 9.82. The number of rotatable bonds is 8. The fraction of sp³-hybridized carbons (Fsp3) is 0.879. The van der Waals surface area contributed by atoms with Gasteiger partial charge in [0.2, 0.25) is 0 Å². The van der Waals surface area contributed by atoms with Gasteiger partial charge in [0, 0.05) is 31.8 Å². The van der Waals surface area contributed by atoms with E-state index in [9.17, 15) is 32.7 Å². The van der Waals surface area contributed by atoms with Crippen LogP contribution in [0.15, 0.2) is 0 Å². The Morgan fingerprint density at radius 1 is 1.02 bits per heavy atom. The molecule has 2 heterocycles. The molecule has 13 atom stereocenters. The molecule has 0 radical (unpaired) electrons. The van der Waals surface area contributed by atoms with E-state index in [-0.39, 0.29) is 25.0 Å². The number of Topliss-reactive ketones (excluding diaryl/α,β-unsaturated/α-hetero) is 2. The lowest BCUT2D eigenvalue weighted by molar-refractivity contribution is -0.298. The van der Waals surface area contributed by atoms with Crippen LogP contribution in [0.3, 0.4) is 0 Å². The number of carbonyl (C=O) groups excluding carboxylic acids is 4. The topological polar surface area (TPSA) is 181 Å². The van der Waals surface area contributed by atoms with Crippen molar-refractivity contribution in [2.75, 3.05) is 27.5 Å². The molecular weight excluding hydrogens is 650 g/mol. The molecule has 0 bridgehead atoms. The molecule has 15 heteroatoms. The lowest BCUT2D eigenvalue weighted by atomic mass is 9.74. The van der Waals surface area contributed by atoms with Gasteiger partial charge in [0.25, 0.3) is 10.1 Å². The van der Waals surface area contributed by atoms with Crippen LogP contribution in [-0.2, 0) is 57.2 Å². The van der Waals surface area contributed by atoms with E-state index in [0.717, 1.165) is 6.26 Å². The monoisotopic (exact) mass is 707 g/mol. The van der Waals surface area contributed by atoms with Crippen molar-refractivity contribution in [1.82, 2.24) is 4.90 Å². The number of ether oxygens (including phenoxy) is 5. The van der Waals surface area contributed by atoms with Crippen molar-refractivity contribution in [3.05, 3.63) is 0 Å². The Hall–Kier alpha value is -2.01. The van der Waals surface area contributed by atoms with Gasteiger partial charge in [-0.25, -0.2) is 0 Å². The first-order valence-corrected chi connectivity index (χ1v) is 18.3. The van der Waals surface area contributed by atoms with Crippen LogP contribution < -0.4 is 0 Å². The normalized spacial score (nSPS) is 41.1. The van der Waals surface area contributed by atoms with Crippen molar-refractivity contribution >= 4 is 33.6 Å². The molecule has 0 aliphatic carbocycles. The fourth-order valence-corrected chi connectivity index (χ4v) is 7.83. The summed E-state index contributed by atoms with van der Waals surface area (Å²) in [6.07, 6.45) is -5.19. The third-order valence-electron chi connectivity index (χ3n) is 9.82. The number of ketones is 2. The lowest BCUT2D eigenvalue weighted by Gasteiger charge is -2.47. The molecule has 0 saturated carbocycles. The number of aliphatic hydroxyl groups is 1. The van der Waals surface area contributed by atoms with Crippen molar-refractivity contribution in [3.63, 3.8) is 0 Å². The molecule has 48 heavy (non-hydrogen) atoms. The maximum absolute atomic E-state index is 14.1. The average molecular weight is 708 g/mol. The van der Waals surface area contributed by atoms with E-state index in [1.54, 1.807) is 27.7 Å². The molecule has 278 valence electrons. The van der Waals surface area contributed by atoms with Crippen molar-refractivity contribution in [2.24, 2.45) is 23.7 Å². The van der Waals surface area contributed by atoms with E-state index in [2.05, 4.69) is 0 Å². The van der Waals surface area contributed by atoms with Gasteiger partial charge >= 0.3 is 11.9 Å². The molecule has 0 aromatic heterocycles. The van der Waals surface area contributed by atoms with Crippen molar-refractivity contribution < 1.29 is 60.6 Å². The third-order valence-corrected chi connectivity index (χ3v) is 10.4. The second kappa shape index (κ2) is 16.3. The predicted molar refractivity (Wildman–Crippen MR) is 174 cm³/mol. The number of hydrogen-bond donors (Lipinski definition) is 1. The minimum absolute atomic E-state index is 0.0184. The molecule has 1 N–H and O–H groups in total. The van der Waals surface area contributed by atoms with Crippen LogP contribution in [0, 0.1) is 23.7 Å². The number of likely N-dealkylation sites (N-methyl/N-ethyl adjacent to an activating group) is 1. The van der Waals surface area contributed by atoms with Gasteiger partial charge in [0.15, 0.2) is 18.2 Å². The van der Waals surface area contributed by atoms with Gasteiger partial charge in [-0.3, -0.25) is 23.4 Å². The van der Waals surface area contributed by atoms with Crippen molar-refractivity contribution in [3.8, 4) is 0 Å². The molecule has 2 fully saturated rings. The molecule has 14 nitrogen and oxygen atoms in total. The van der Waals surface area contributed by atoms with Crippen LogP contribution in [-0.4, -0.2) is 123 Å². The molecule has 0 amide bonds. The highest BCUT2D eigenvalue weighted by molar-refractivity contribution is 7.86. The highest BCUT2D eigenvalue weighted by atomic mass is 32.2. The van der Waals surface area contributed by atoms with Gasteiger partial charge in [-0.2, -0.15) is 8.42 Å². The molecule has 0 aromatic carbocycles. The van der Waals surface area contributed by atoms with E-state index in [1.165, 1.54) is 34.8 Å². The average Bonchev–Trinajstić information content (AvgIpc) is 2.98. The lowest BCUT2D eigenvalue weighted by Crippen LogP contribution is -2.60. The summed E-state index contributed by atoms with van der Waals surface area (Å²) in [6, 6.07) is -0.304. The highest BCUT2D eigenvalue weighted by Crippen LogP contribution is 2.39.